The van der Waals surface area contributed by atoms with Crippen LogP contribution >= 0.6 is 0 Å². The lowest BCUT2D eigenvalue weighted by Gasteiger charge is -2.37. The van der Waals surface area contributed by atoms with Gasteiger partial charge < -0.3 is 10.0 Å². The van der Waals surface area contributed by atoms with Crippen LogP contribution in [-0.2, 0) is 4.79 Å². The molecule has 114 valence electrons. The standard InChI is InChI=1S/C15H19FN2O3/c1-17(12-7-5-11(16)6-8-12)15(21)18-9-3-2-4-13(18)10-14(19)20/h5-8,13H,2-4,9-10H2,1H3,(H,19,20). The zero-order chi connectivity index (χ0) is 15.4. The number of likely N-dealkylation sites (tertiary alicyclic amines) is 1. The Bertz CT molecular complexity index is 518. The number of piperidine rings is 1. The number of carbonyl (C=O) groups is 2. The fourth-order valence-electron chi connectivity index (χ4n) is 2.63. The van der Waals surface area contributed by atoms with Crippen molar-refractivity contribution in [3.63, 3.8) is 0 Å². The third-order valence-electron chi connectivity index (χ3n) is 3.78. The normalized spacial score (nSPS) is 18.4. The van der Waals surface area contributed by atoms with Crippen LogP contribution in [0.2, 0.25) is 0 Å². The molecule has 6 heteroatoms. The number of carboxylic acid groups (broad SMARTS) is 1. The number of rotatable bonds is 3. The molecule has 0 spiro atoms. The number of carboxylic acids is 1. The SMILES string of the molecule is CN(C(=O)N1CCCCC1CC(=O)O)c1ccc(F)cc1. The van der Waals surface area contributed by atoms with E-state index in [9.17, 15) is 14.0 Å². The van der Waals surface area contributed by atoms with Crippen molar-refractivity contribution in [2.24, 2.45) is 0 Å². The van der Waals surface area contributed by atoms with Crippen molar-refractivity contribution in [2.75, 3.05) is 18.5 Å². The first kappa shape index (κ1) is 15.3. The van der Waals surface area contributed by atoms with Crippen LogP contribution in [0.25, 0.3) is 0 Å². The number of hydrogen-bond donors (Lipinski definition) is 1. The smallest absolute Gasteiger partial charge is 0.324 e. The molecule has 0 radical (unpaired) electrons. The highest BCUT2D eigenvalue weighted by Gasteiger charge is 2.30. The van der Waals surface area contributed by atoms with Gasteiger partial charge in [-0.1, -0.05) is 0 Å². The minimum atomic E-state index is -0.899. The molecule has 0 aromatic heterocycles. The van der Waals surface area contributed by atoms with Crippen molar-refractivity contribution in [1.29, 1.82) is 0 Å². The van der Waals surface area contributed by atoms with E-state index in [1.54, 1.807) is 11.9 Å². The van der Waals surface area contributed by atoms with Crippen LogP contribution in [0, 0.1) is 5.82 Å². The number of carbonyl (C=O) groups excluding carboxylic acids is 1. The average Bonchev–Trinajstić information content (AvgIpc) is 2.46. The number of benzene rings is 1. The quantitative estimate of drug-likeness (QED) is 0.932. The highest BCUT2D eigenvalue weighted by atomic mass is 19.1. The summed E-state index contributed by atoms with van der Waals surface area (Å²) in [6.45, 7) is 0.558. The molecule has 1 saturated heterocycles. The van der Waals surface area contributed by atoms with Crippen molar-refractivity contribution < 1.29 is 19.1 Å². The number of nitrogens with zero attached hydrogens (tertiary/aromatic N) is 2. The van der Waals surface area contributed by atoms with Gasteiger partial charge in [-0.25, -0.2) is 9.18 Å². The fourth-order valence-corrected chi connectivity index (χ4v) is 2.63. The average molecular weight is 294 g/mol. The second-order valence-corrected chi connectivity index (χ2v) is 5.26. The first-order chi connectivity index (χ1) is 9.99. The molecule has 1 N–H and O–H groups in total. The van der Waals surface area contributed by atoms with Crippen molar-refractivity contribution >= 4 is 17.7 Å². The van der Waals surface area contributed by atoms with E-state index in [0.29, 0.717) is 18.7 Å². The monoisotopic (exact) mass is 294 g/mol. The molecule has 0 bridgehead atoms. The molecule has 1 aliphatic heterocycles. The van der Waals surface area contributed by atoms with Crippen molar-refractivity contribution in [2.45, 2.75) is 31.7 Å². The van der Waals surface area contributed by atoms with Gasteiger partial charge in [0.25, 0.3) is 0 Å². The Morgan fingerprint density at radius 2 is 2.00 bits per heavy atom. The van der Waals surface area contributed by atoms with Crippen LogP contribution < -0.4 is 4.90 Å². The molecule has 0 saturated carbocycles. The van der Waals surface area contributed by atoms with E-state index in [1.807, 2.05) is 0 Å². The van der Waals surface area contributed by atoms with Gasteiger partial charge in [-0.05, 0) is 43.5 Å². The second-order valence-electron chi connectivity index (χ2n) is 5.26. The topological polar surface area (TPSA) is 60.9 Å². The largest absolute Gasteiger partial charge is 0.481 e. The molecule has 2 amide bonds. The predicted octanol–water partition coefficient (Wildman–Crippen LogP) is 2.71. The van der Waals surface area contributed by atoms with Gasteiger partial charge in [0.1, 0.15) is 5.82 Å². The zero-order valence-corrected chi connectivity index (χ0v) is 12.0. The number of hydrogen-bond acceptors (Lipinski definition) is 2. The van der Waals surface area contributed by atoms with E-state index >= 15 is 0 Å². The molecule has 1 aromatic carbocycles. The van der Waals surface area contributed by atoms with Gasteiger partial charge in [-0.2, -0.15) is 0 Å². The summed E-state index contributed by atoms with van der Waals surface area (Å²) in [5.74, 6) is -1.26. The third kappa shape index (κ3) is 3.71. The van der Waals surface area contributed by atoms with Crippen molar-refractivity contribution in [3.05, 3.63) is 30.1 Å². The van der Waals surface area contributed by atoms with Crippen LogP contribution in [-0.4, -0.2) is 41.6 Å². The predicted molar refractivity (Wildman–Crippen MR) is 76.8 cm³/mol. The lowest BCUT2D eigenvalue weighted by atomic mass is 10.00. The van der Waals surface area contributed by atoms with E-state index in [2.05, 4.69) is 0 Å². The van der Waals surface area contributed by atoms with E-state index in [-0.39, 0.29) is 24.3 Å². The molecule has 5 nitrogen and oxygen atoms in total. The molecule has 2 rings (SSSR count). The minimum absolute atomic E-state index is 0.0387. The summed E-state index contributed by atoms with van der Waals surface area (Å²) in [4.78, 5) is 26.5. The molecule has 1 aromatic rings. The lowest BCUT2D eigenvalue weighted by Crippen LogP contribution is -2.50. The van der Waals surface area contributed by atoms with Crippen LogP contribution in [0.3, 0.4) is 0 Å². The number of aliphatic carboxylic acids is 1. The Hall–Kier alpha value is -2.11. The van der Waals surface area contributed by atoms with Crippen LogP contribution in [0.4, 0.5) is 14.9 Å². The number of amides is 2. The molecule has 21 heavy (non-hydrogen) atoms. The molecular weight excluding hydrogens is 275 g/mol. The van der Waals surface area contributed by atoms with E-state index in [0.717, 1.165) is 12.8 Å². The van der Waals surface area contributed by atoms with Gasteiger partial charge in [-0.3, -0.25) is 9.69 Å². The highest BCUT2D eigenvalue weighted by Crippen LogP contribution is 2.23. The fraction of sp³-hybridized carbons (Fsp3) is 0.467. The maximum absolute atomic E-state index is 12.9. The van der Waals surface area contributed by atoms with E-state index in [1.165, 1.54) is 29.2 Å². The molecular formula is C15H19FN2O3. The van der Waals surface area contributed by atoms with Gasteiger partial charge in [-0.15, -0.1) is 0 Å². The molecule has 1 fully saturated rings. The van der Waals surface area contributed by atoms with Crippen molar-refractivity contribution in [1.82, 2.24) is 4.90 Å². The van der Waals surface area contributed by atoms with Crippen LogP contribution in [0.15, 0.2) is 24.3 Å². The summed E-state index contributed by atoms with van der Waals surface area (Å²) in [6, 6.07) is 5.14. The number of urea groups is 1. The number of halogens is 1. The van der Waals surface area contributed by atoms with E-state index in [4.69, 9.17) is 5.11 Å². The van der Waals surface area contributed by atoms with Crippen molar-refractivity contribution in [3.8, 4) is 0 Å². The lowest BCUT2D eigenvalue weighted by molar-refractivity contribution is -0.138. The summed E-state index contributed by atoms with van der Waals surface area (Å²) in [5, 5.41) is 8.96. The van der Waals surface area contributed by atoms with Gasteiger partial charge >= 0.3 is 12.0 Å². The van der Waals surface area contributed by atoms with Crippen LogP contribution in [0.5, 0.6) is 0 Å². The second kappa shape index (κ2) is 6.56. The summed E-state index contributed by atoms with van der Waals surface area (Å²) in [5.41, 5.74) is 0.584. The molecule has 1 aliphatic rings. The Morgan fingerprint density at radius 3 is 2.62 bits per heavy atom. The zero-order valence-electron chi connectivity index (χ0n) is 12.0. The van der Waals surface area contributed by atoms with Gasteiger partial charge in [0.15, 0.2) is 0 Å². The first-order valence-electron chi connectivity index (χ1n) is 7.00. The third-order valence-corrected chi connectivity index (χ3v) is 3.78. The Balaban J connectivity index is 2.12. The van der Waals surface area contributed by atoms with Gasteiger partial charge in [0.05, 0.1) is 6.42 Å². The van der Waals surface area contributed by atoms with Gasteiger partial charge in [0, 0.05) is 25.3 Å². The number of anilines is 1. The molecule has 1 atom stereocenters. The molecule has 1 heterocycles. The summed E-state index contributed by atoms with van der Waals surface area (Å²) >= 11 is 0. The first-order valence-corrected chi connectivity index (χ1v) is 7.00. The summed E-state index contributed by atoms with van der Waals surface area (Å²) < 4.78 is 12.9. The maximum atomic E-state index is 12.9. The Kier molecular flexibility index (Phi) is 4.77. The highest BCUT2D eigenvalue weighted by molar-refractivity contribution is 5.92. The molecule has 0 aliphatic carbocycles. The van der Waals surface area contributed by atoms with E-state index < -0.39 is 5.97 Å². The van der Waals surface area contributed by atoms with Crippen LogP contribution in [0.1, 0.15) is 25.7 Å². The summed E-state index contributed by atoms with van der Waals surface area (Å²) in [7, 11) is 1.61. The van der Waals surface area contributed by atoms with Gasteiger partial charge in [0.2, 0.25) is 0 Å². The molecule has 1 unspecified atom stereocenters. The minimum Gasteiger partial charge on any atom is -0.481 e. The Labute approximate surface area is 123 Å². The summed E-state index contributed by atoms with van der Waals surface area (Å²) in [6.07, 6.45) is 2.47. The maximum Gasteiger partial charge on any atom is 0.324 e. The Morgan fingerprint density at radius 1 is 1.33 bits per heavy atom.